The maximum atomic E-state index is 12.6. The van der Waals surface area contributed by atoms with E-state index in [1.165, 1.54) is 11.1 Å². The van der Waals surface area contributed by atoms with E-state index in [-0.39, 0.29) is 5.91 Å². The van der Waals surface area contributed by atoms with Crippen LogP contribution in [-0.4, -0.2) is 36.5 Å². The zero-order chi connectivity index (χ0) is 16.0. The van der Waals surface area contributed by atoms with Gasteiger partial charge in [0.1, 0.15) is 0 Å². The molecule has 3 unspecified atom stereocenters. The van der Waals surface area contributed by atoms with E-state index in [1.54, 1.807) is 4.90 Å². The molecule has 1 aromatic carbocycles. The topological polar surface area (TPSA) is 80.2 Å². The van der Waals surface area contributed by atoms with Crippen LogP contribution in [0.5, 0.6) is 0 Å². The van der Waals surface area contributed by atoms with Gasteiger partial charge in [0.2, 0.25) is 5.91 Å². The zero-order valence-electron chi connectivity index (χ0n) is 13.2. The standard InChI is InChI=1S/C17H21N5O/c1-11-14(8-19-21-11)12-2-3-15-13(6-12)7-17(16(23)20-15)4-5-22(9-17)10-18/h2-3,6,11,14,19,21H,4-5,7-9H2,1H3,(H,20,23). The highest BCUT2D eigenvalue weighted by atomic mass is 16.2. The molecule has 3 atom stereocenters. The van der Waals surface area contributed by atoms with Crippen molar-refractivity contribution in [3.63, 3.8) is 0 Å². The maximum Gasteiger partial charge on any atom is 0.232 e. The van der Waals surface area contributed by atoms with E-state index < -0.39 is 5.41 Å². The minimum absolute atomic E-state index is 0.0630. The molecule has 4 rings (SSSR count). The first-order chi connectivity index (χ1) is 11.1. The van der Waals surface area contributed by atoms with Crippen molar-refractivity contribution in [1.82, 2.24) is 15.8 Å². The van der Waals surface area contributed by atoms with E-state index >= 15 is 0 Å². The van der Waals surface area contributed by atoms with Crippen molar-refractivity contribution < 1.29 is 4.79 Å². The Balaban J connectivity index is 1.65. The summed E-state index contributed by atoms with van der Waals surface area (Å²) in [5.41, 5.74) is 9.44. The third-order valence-electron chi connectivity index (χ3n) is 5.57. The summed E-state index contributed by atoms with van der Waals surface area (Å²) in [5.74, 6) is 0.501. The van der Waals surface area contributed by atoms with Crippen LogP contribution in [0.4, 0.5) is 5.69 Å². The van der Waals surface area contributed by atoms with E-state index in [9.17, 15) is 4.79 Å². The molecule has 0 aromatic heterocycles. The third-order valence-corrected chi connectivity index (χ3v) is 5.57. The number of nitriles is 1. The Labute approximate surface area is 135 Å². The predicted octanol–water partition coefficient (Wildman–Crippen LogP) is 0.934. The SMILES string of the molecule is CC1NNCC1c1ccc2c(c1)CC1(CCN(C#N)C1)C(=O)N2. The fourth-order valence-electron chi connectivity index (χ4n) is 4.11. The van der Waals surface area contributed by atoms with Gasteiger partial charge in [-0.2, -0.15) is 5.26 Å². The lowest BCUT2D eigenvalue weighted by Gasteiger charge is -2.33. The highest BCUT2D eigenvalue weighted by Crippen LogP contribution is 2.41. The van der Waals surface area contributed by atoms with E-state index in [4.69, 9.17) is 5.26 Å². The maximum absolute atomic E-state index is 12.6. The number of nitrogens with one attached hydrogen (secondary N) is 3. The summed E-state index contributed by atoms with van der Waals surface area (Å²) in [5, 5.41) is 12.2. The minimum Gasteiger partial charge on any atom is -0.325 e. The van der Waals surface area contributed by atoms with Crippen LogP contribution in [0.1, 0.15) is 30.4 Å². The Bertz CT molecular complexity index is 697. The molecular weight excluding hydrogens is 290 g/mol. The summed E-state index contributed by atoms with van der Waals surface area (Å²) in [6.45, 7) is 4.29. The molecule has 6 heteroatoms. The van der Waals surface area contributed by atoms with E-state index in [0.29, 0.717) is 25.0 Å². The van der Waals surface area contributed by atoms with Gasteiger partial charge in [-0.25, -0.2) is 0 Å². The fraction of sp³-hybridized carbons (Fsp3) is 0.529. The summed E-state index contributed by atoms with van der Waals surface area (Å²) in [7, 11) is 0. The van der Waals surface area contributed by atoms with Crippen LogP contribution in [0.25, 0.3) is 0 Å². The van der Waals surface area contributed by atoms with E-state index in [2.05, 4.69) is 41.4 Å². The van der Waals surface area contributed by atoms with Crippen molar-refractivity contribution in [2.45, 2.75) is 31.7 Å². The lowest BCUT2D eigenvalue weighted by Crippen LogP contribution is -2.43. The lowest BCUT2D eigenvalue weighted by molar-refractivity contribution is -0.125. The van der Waals surface area contributed by atoms with Gasteiger partial charge in [-0.3, -0.25) is 15.6 Å². The van der Waals surface area contributed by atoms with Crippen LogP contribution < -0.4 is 16.2 Å². The number of carbonyl (C=O) groups excluding carboxylic acids is 1. The third kappa shape index (κ3) is 2.28. The van der Waals surface area contributed by atoms with Gasteiger partial charge in [-0.15, -0.1) is 0 Å². The van der Waals surface area contributed by atoms with Crippen molar-refractivity contribution in [3.8, 4) is 6.19 Å². The molecule has 1 spiro atoms. The Hall–Kier alpha value is -2.10. The first-order valence-electron chi connectivity index (χ1n) is 8.19. The molecule has 0 radical (unpaired) electrons. The molecule has 1 aromatic rings. The Morgan fingerprint density at radius 3 is 3.00 bits per heavy atom. The first kappa shape index (κ1) is 14.5. The van der Waals surface area contributed by atoms with Gasteiger partial charge >= 0.3 is 0 Å². The summed E-state index contributed by atoms with van der Waals surface area (Å²) >= 11 is 0. The number of hydrogen-bond donors (Lipinski definition) is 3. The highest BCUT2D eigenvalue weighted by molar-refractivity contribution is 5.99. The normalized spacial score (nSPS) is 32.7. The van der Waals surface area contributed by atoms with E-state index in [1.807, 2.05) is 6.07 Å². The molecule has 3 heterocycles. The van der Waals surface area contributed by atoms with Gasteiger partial charge in [0.15, 0.2) is 6.19 Å². The second kappa shape index (κ2) is 5.22. The van der Waals surface area contributed by atoms with Crippen molar-refractivity contribution >= 4 is 11.6 Å². The molecule has 3 aliphatic heterocycles. The van der Waals surface area contributed by atoms with E-state index in [0.717, 1.165) is 25.1 Å². The molecule has 23 heavy (non-hydrogen) atoms. The van der Waals surface area contributed by atoms with Gasteiger partial charge in [-0.05, 0) is 37.0 Å². The average Bonchev–Trinajstić information content (AvgIpc) is 3.15. The summed E-state index contributed by atoms with van der Waals surface area (Å²) in [6, 6.07) is 6.77. The predicted molar refractivity (Wildman–Crippen MR) is 86.4 cm³/mol. The summed E-state index contributed by atoms with van der Waals surface area (Å²) in [4.78, 5) is 14.3. The van der Waals surface area contributed by atoms with Gasteiger partial charge in [0.25, 0.3) is 0 Å². The second-order valence-corrected chi connectivity index (χ2v) is 7.02. The molecule has 2 saturated heterocycles. The first-order valence-corrected chi connectivity index (χ1v) is 8.19. The van der Waals surface area contributed by atoms with Gasteiger partial charge in [0, 0.05) is 37.3 Å². The van der Waals surface area contributed by atoms with Crippen LogP contribution >= 0.6 is 0 Å². The fourth-order valence-corrected chi connectivity index (χ4v) is 4.11. The smallest absolute Gasteiger partial charge is 0.232 e. The largest absolute Gasteiger partial charge is 0.325 e. The van der Waals surface area contributed by atoms with Crippen LogP contribution in [0.2, 0.25) is 0 Å². The Morgan fingerprint density at radius 2 is 2.30 bits per heavy atom. The molecule has 6 nitrogen and oxygen atoms in total. The molecule has 120 valence electrons. The zero-order valence-corrected chi connectivity index (χ0v) is 13.2. The Kier molecular flexibility index (Phi) is 3.29. The number of fused-ring (bicyclic) bond motifs is 1. The number of rotatable bonds is 1. The summed E-state index contributed by atoms with van der Waals surface area (Å²) < 4.78 is 0. The van der Waals surface area contributed by atoms with Crippen molar-refractivity contribution in [1.29, 1.82) is 5.26 Å². The highest BCUT2D eigenvalue weighted by Gasteiger charge is 2.47. The molecule has 0 bridgehead atoms. The number of amides is 1. The van der Waals surface area contributed by atoms with Crippen LogP contribution in [0.15, 0.2) is 18.2 Å². The lowest BCUT2D eigenvalue weighted by atomic mass is 9.76. The number of carbonyl (C=O) groups is 1. The molecule has 0 aliphatic carbocycles. The van der Waals surface area contributed by atoms with Gasteiger partial charge < -0.3 is 10.2 Å². The number of benzene rings is 1. The molecular formula is C17H21N5O. The van der Waals surface area contributed by atoms with Gasteiger partial charge in [-0.1, -0.05) is 12.1 Å². The summed E-state index contributed by atoms with van der Waals surface area (Å²) in [6.07, 6.45) is 3.65. The Morgan fingerprint density at radius 1 is 1.43 bits per heavy atom. The van der Waals surface area contributed by atoms with Crippen molar-refractivity contribution in [3.05, 3.63) is 29.3 Å². The second-order valence-electron chi connectivity index (χ2n) is 7.02. The van der Waals surface area contributed by atoms with Crippen LogP contribution in [-0.2, 0) is 11.2 Å². The van der Waals surface area contributed by atoms with Crippen LogP contribution in [0.3, 0.4) is 0 Å². The molecule has 3 aliphatic rings. The molecule has 3 N–H and O–H groups in total. The average molecular weight is 311 g/mol. The molecule has 0 saturated carbocycles. The van der Waals surface area contributed by atoms with Crippen LogP contribution in [0, 0.1) is 16.9 Å². The number of likely N-dealkylation sites (tertiary alicyclic amines) is 1. The number of nitrogens with zero attached hydrogens (tertiary/aromatic N) is 2. The van der Waals surface area contributed by atoms with Crippen molar-refractivity contribution in [2.24, 2.45) is 5.41 Å². The quantitative estimate of drug-likeness (QED) is 0.673. The molecule has 1 amide bonds. The minimum atomic E-state index is -0.445. The van der Waals surface area contributed by atoms with Crippen molar-refractivity contribution in [2.75, 3.05) is 25.0 Å². The molecule has 2 fully saturated rings. The monoisotopic (exact) mass is 311 g/mol. The number of anilines is 1. The number of hydrazine groups is 1. The van der Waals surface area contributed by atoms with Gasteiger partial charge in [0.05, 0.1) is 5.41 Å². The number of hydrogen-bond acceptors (Lipinski definition) is 5.